The van der Waals surface area contributed by atoms with Crippen LogP contribution in [0.5, 0.6) is 0 Å². The maximum absolute atomic E-state index is 5.88. The van der Waals surface area contributed by atoms with Gasteiger partial charge in [-0.3, -0.25) is 4.90 Å². The van der Waals surface area contributed by atoms with Gasteiger partial charge < -0.3 is 9.73 Å². The summed E-state index contributed by atoms with van der Waals surface area (Å²) in [4.78, 5) is 2.72. The van der Waals surface area contributed by atoms with Crippen molar-refractivity contribution < 1.29 is 4.42 Å². The van der Waals surface area contributed by atoms with Crippen LogP contribution in [0.3, 0.4) is 0 Å². The minimum absolute atomic E-state index is 0.843. The number of furan rings is 1. The van der Waals surface area contributed by atoms with E-state index in [1.54, 1.807) is 0 Å². The van der Waals surface area contributed by atoms with Gasteiger partial charge in [-0.05, 0) is 57.7 Å². The molecule has 1 aromatic rings. The summed E-state index contributed by atoms with van der Waals surface area (Å²) >= 11 is 0. The first-order chi connectivity index (χ1) is 9.78. The van der Waals surface area contributed by atoms with E-state index >= 15 is 0 Å². The number of piperidine rings is 1. The van der Waals surface area contributed by atoms with Crippen LogP contribution in [0.4, 0.5) is 0 Å². The highest BCUT2D eigenvalue weighted by Crippen LogP contribution is 2.37. The Balaban J connectivity index is 1.66. The molecule has 3 rings (SSSR count). The quantitative estimate of drug-likeness (QED) is 0.892. The maximum Gasteiger partial charge on any atom is 0.118 e. The normalized spacial score (nSPS) is 26.9. The van der Waals surface area contributed by atoms with E-state index in [-0.39, 0.29) is 0 Å². The fourth-order valence-electron chi connectivity index (χ4n) is 4.05. The fraction of sp³-hybridized carbons (Fsp3) is 0.765. The van der Waals surface area contributed by atoms with Crippen LogP contribution in [0.2, 0.25) is 0 Å². The number of fused-ring (bicyclic) bond motifs is 1. The van der Waals surface area contributed by atoms with Crippen molar-refractivity contribution in [1.29, 1.82) is 0 Å². The molecule has 0 bridgehead atoms. The summed E-state index contributed by atoms with van der Waals surface area (Å²) in [6.45, 7) is 8.44. The zero-order chi connectivity index (χ0) is 13.9. The van der Waals surface area contributed by atoms with Crippen molar-refractivity contribution >= 4 is 0 Å². The molecule has 1 saturated carbocycles. The van der Waals surface area contributed by atoms with E-state index in [2.05, 4.69) is 30.1 Å². The molecule has 1 aliphatic carbocycles. The molecule has 1 N–H and O–H groups in total. The lowest BCUT2D eigenvalue weighted by molar-refractivity contribution is 0.105. The number of nitrogens with zero attached hydrogens (tertiary/aromatic N) is 1. The second-order valence-corrected chi connectivity index (χ2v) is 6.45. The van der Waals surface area contributed by atoms with E-state index in [0.717, 1.165) is 43.1 Å². The predicted octanol–water partition coefficient (Wildman–Crippen LogP) is 3.46. The monoisotopic (exact) mass is 276 g/mol. The highest BCUT2D eigenvalue weighted by Gasteiger charge is 2.35. The van der Waals surface area contributed by atoms with Gasteiger partial charge in [0.1, 0.15) is 11.5 Å². The lowest BCUT2D eigenvalue weighted by atomic mass is 9.91. The smallest absolute Gasteiger partial charge is 0.118 e. The Bertz CT molecular complexity index is 440. The molecule has 0 radical (unpaired) electrons. The largest absolute Gasteiger partial charge is 0.465 e. The van der Waals surface area contributed by atoms with Crippen molar-refractivity contribution in [2.24, 2.45) is 5.92 Å². The number of hydrogen-bond acceptors (Lipinski definition) is 3. The van der Waals surface area contributed by atoms with E-state index in [1.807, 2.05) is 0 Å². The van der Waals surface area contributed by atoms with Crippen LogP contribution in [0.15, 0.2) is 10.5 Å². The Hall–Kier alpha value is -0.800. The minimum Gasteiger partial charge on any atom is -0.465 e. The maximum atomic E-state index is 5.88. The number of likely N-dealkylation sites (tertiary alicyclic amines) is 1. The standard InChI is InChI=1S/C17H28N2O/c1-3-18-11-16-10-15(13(2)20-16)12-19-9-5-7-14-6-4-8-17(14)19/h10,14,17-18H,3-9,11-12H2,1-2H3. The van der Waals surface area contributed by atoms with Gasteiger partial charge in [0.2, 0.25) is 0 Å². The van der Waals surface area contributed by atoms with Gasteiger partial charge in [0.25, 0.3) is 0 Å². The van der Waals surface area contributed by atoms with E-state index in [1.165, 1.54) is 44.2 Å². The average molecular weight is 276 g/mol. The van der Waals surface area contributed by atoms with Crippen LogP contribution in [0.1, 0.15) is 56.1 Å². The van der Waals surface area contributed by atoms with Gasteiger partial charge in [-0.15, -0.1) is 0 Å². The van der Waals surface area contributed by atoms with Gasteiger partial charge in [-0.25, -0.2) is 0 Å². The number of rotatable bonds is 5. The van der Waals surface area contributed by atoms with Crippen LogP contribution in [-0.2, 0) is 13.1 Å². The van der Waals surface area contributed by atoms with Gasteiger partial charge in [-0.2, -0.15) is 0 Å². The summed E-state index contributed by atoms with van der Waals surface area (Å²) in [5.74, 6) is 3.16. The molecule has 20 heavy (non-hydrogen) atoms. The zero-order valence-electron chi connectivity index (χ0n) is 13.0. The molecule has 2 heterocycles. The lowest BCUT2D eigenvalue weighted by Gasteiger charge is -2.37. The van der Waals surface area contributed by atoms with Crippen molar-refractivity contribution in [2.75, 3.05) is 13.1 Å². The van der Waals surface area contributed by atoms with Crippen molar-refractivity contribution in [3.63, 3.8) is 0 Å². The van der Waals surface area contributed by atoms with Gasteiger partial charge in [-0.1, -0.05) is 13.3 Å². The van der Waals surface area contributed by atoms with Crippen molar-refractivity contribution in [3.05, 3.63) is 23.2 Å². The molecule has 1 aliphatic heterocycles. The Morgan fingerprint density at radius 3 is 3.00 bits per heavy atom. The molecule has 0 aromatic carbocycles. The van der Waals surface area contributed by atoms with E-state index < -0.39 is 0 Å². The second-order valence-electron chi connectivity index (χ2n) is 6.45. The molecule has 1 saturated heterocycles. The summed E-state index contributed by atoms with van der Waals surface area (Å²) in [6.07, 6.45) is 7.13. The van der Waals surface area contributed by atoms with Crippen molar-refractivity contribution in [3.8, 4) is 0 Å². The van der Waals surface area contributed by atoms with E-state index in [0.29, 0.717) is 0 Å². The molecular formula is C17H28N2O. The van der Waals surface area contributed by atoms with Crippen LogP contribution < -0.4 is 5.32 Å². The predicted molar refractivity (Wildman–Crippen MR) is 81.6 cm³/mol. The SMILES string of the molecule is CCNCc1cc(CN2CCCC3CCCC32)c(C)o1. The topological polar surface area (TPSA) is 28.4 Å². The fourth-order valence-corrected chi connectivity index (χ4v) is 4.05. The van der Waals surface area contributed by atoms with Crippen LogP contribution in [-0.4, -0.2) is 24.0 Å². The number of nitrogens with one attached hydrogen (secondary N) is 1. The van der Waals surface area contributed by atoms with Gasteiger partial charge in [0.05, 0.1) is 6.54 Å². The highest BCUT2D eigenvalue weighted by molar-refractivity contribution is 5.21. The zero-order valence-corrected chi connectivity index (χ0v) is 13.0. The number of aryl methyl sites for hydroxylation is 1. The molecule has 1 aromatic heterocycles. The Morgan fingerprint density at radius 1 is 1.30 bits per heavy atom. The van der Waals surface area contributed by atoms with Gasteiger partial charge in [0, 0.05) is 18.2 Å². The molecule has 2 aliphatic rings. The first kappa shape index (κ1) is 14.2. The van der Waals surface area contributed by atoms with E-state index in [4.69, 9.17) is 4.42 Å². The Labute approximate surface area is 122 Å². The van der Waals surface area contributed by atoms with Crippen molar-refractivity contribution in [2.45, 2.75) is 65.1 Å². The van der Waals surface area contributed by atoms with Crippen LogP contribution >= 0.6 is 0 Å². The number of hydrogen-bond donors (Lipinski definition) is 1. The van der Waals surface area contributed by atoms with Crippen LogP contribution in [0, 0.1) is 12.8 Å². The summed E-state index contributed by atoms with van der Waals surface area (Å²) < 4.78 is 5.88. The summed E-state index contributed by atoms with van der Waals surface area (Å²) in [7, 11) is 0. The molecule has 112 valence electrons. The first-order valence-electron chi connectivity index (χ1n) is 8.31. The molecule has 2 atom stereocenters. The minimum atomic E-state index is 0.843. The second kappa shape index (κ2) is 6.31. The molecule has 2 unspecified atom stereocenters. The average Bonchev–Trinajstić information content (AvgIpc) is 3.04. The van der Waals surface area contributed by atoms with E-state index in [9.17, 15) is 0 Å². The summed E-state index contributed by atoms with van der Waals surface area (Å²) in [5, 5.41) is 3.34. The lowest BCUT2D eigenvalue weighted by Crippen LogP contribution is -2.41. The van der Waals surface area contributed by atoms with Gasteiger partial charge >= 0.3 is 0 Å². The van der Waals surface area contributed by atoms with Crippen LogP contribution in [0.25, 0.3) is 0 Å². The van der Waals surface area contributed by atoms with Crippen molar-refractivity contribution in [1.82, 2.24) is 10.2 Å². The highest BCUT2D eigenvalue weighted by atomic mass is 16.3. The summed E-state index contributed by atoms with van der Waals surface area (Å²) in [5.41, 5.74) is 1.39. The molecule has 3 nitrogen and oxygen atoms in total. The summed E-state index contributed by atoms with van der Waals surface area (Å²) in [6, 6.07) is 3.10. The molecule has 3 heteroatoms. The molecule has 0 amide bonds. The molecule has 0 spiro atoms. The van der Waals surface area contributed by atoms with Gasteiger partial charge in [0.15, 0.2) is 0 Å². The Kier molecular flexibility index (Phi) is 4.47. The molecular weight excluding hydrogens is 248 g/mol. The first-order valence-corrected chi connectivity index (χ1v) is 8.31. The Morgan fingerprint density at radius 2 is 2.15 bits per heavy atom. The molecule has 2 fully saturated rings. The third kappa shape index (κ3) is 2.94. The third-order valence-electron chi connectivity index (χ3n) is 5.10. The third-order valence-corrected chi connectivity index (χ3v) is 5.10.